The fourth-order valence-corrected chi connectivity index (χ4v) is 4.59. The summed E-state index contributed by atoms with van der Waals surface area (Å²) in [6.07, 6.45) is -2.99. The van der Waals surface area contributed by atoms with E-state index in [-0.39, 0.29) is 0 Å². The van der Waals surface area contributed by atoms with Gasteiger partial charge in [-0.15, -0.1) is 0 Å². The van der Waals surface area contributed by atoms with E-state index < -0.39 is 55.1 Å². The van der Waals surface area contributed by atoms with Crippen molar-refractivity contribution in [3.8, 4) is 0 Å². The van der Waals surface area contributed by atoms with Crippen LogP contribution in [-0.2, 0) is 32.6 Å². The molecule has 0 aliphatic carbocycles. The van der Waals surface area contributed by atoms with E-state index in [0.29, 0.717) is 0 Å². The number of nitro groups is 1. The molecule has 2 saturated heterocycles. The smallest absolute Gasteiger partial charge is 0.342 e. The Labute approximate surface area is 134 Å². The first-order valence-electron chi connectivity index (χ1n) is 7.04. The fraction of sp³-hybridized carbons (Fsp3) is 1.00. The second-order valence-electron chi connectivity index (χ2n) is 5.76. The van der Waals surface area contributed by atoms with Gasteiger partial charge in [0.2, 0.25) is 6.54 Å². The summed E-state index contributed by atoms with van der Waals surface area (Å²) in [7, 11) is -0.00876. The van der Waals surface area contributed by atoms with E-state index in [4.69, 9.17) is 28.0 Å². The van der Waals surface area contributed by atoms with Gasteiger partial charge in [0.1, 0.15) is 18.3 Å². The number of ether oxygens (including phenoxy) is 4. The monoisotopic (exact) mass is 355 g/mol. The lowest BCUT2D eigenvalue weighted by atomic mass is 10.1. The highest BCUT2D eigenvalue weighted by molar-refractivity contribution is 7.54. The number of methoxy groups -OCH3 is 1. The summed E-state index contributed by atoms with van der Waals surface area (Å²) in [5.74, 6) is -0.859. The zero-order chi connectivity index (χ0) is 17.4. The van der Waals surface area contributed by atoms with Crippen LogP contribution in [0.5, 0.6) is 0 Å². The fourth-order valence-electron chi connectivity index (χ4n) is 2.96. The first-order chi connectivity index (χ1) is 10.7. The van der Waals surface area contributed by atoms with Gasteiger partial charge in [-0.25, -0.2) is 0 Å². The minimum absolute atomic E-state index is 0.587. The van der Waals surface area contributed by atoms with Gasteiger partial charge in [-0.1, -0.05) is 0 Å². The highest BCUT2D eigenvalue weighted by Gasteiger charge is 2.61. The van der Waals surface area contributed by atoms with Crippen LogP contribution >= 0.6 is 7.60 Å². The van der Waals surface area contributed by atoms with Crippen LogP contribution in [0, 0.1) is 10.1 Å². The van der Waals surface area contributed by atoms with Crippen LogP contribution in [0.1, 0.15) is 13.8 Å². The van der Waals surface area contributed by atoms with Crippen LogP contribution in [-0.4, -0.2) is 68.8 Å². The number of hydrogen-bond donors (Lipinski definition) is 0. The van der Waals surface area contributed by atoms with Gasteiger partial charge in [-0.2, -0.15) is 0 Å². The molecule has 1 unspecified atom stereocenters. The second-order valence-corrected chi connectivity index (χ2v) is 8.23. The number of nitrogens with zero attached hydrogens (tertiary/aromatic N) is 1. The molecule has 2 rings (SSSR count). The Kier molecular flexibility index (Phi) is 5.47. The maximum Gasteiger partial charge on any atom is 0.342 e. The summed E-state index contributed by atoms with van der Waals surface area (Å²) in [6.45, 7) is 2.78. The molecule has 23 heavy (non-hydrogen) atoms. The van der Waals surface area contributed by atoms with Crippen molar-refractivity contribution in [2.75, 3.05) is 27.9 Å². The lowest BCUT2D eigenvalue weighted by molar-refractivity contribution is -0.482. The van der Waals surface area contributed by atoms with Crippen molar-refractivity contribution in [1.29, 1.82) is 0 Å². The third-order valence-corrected chi connectivity index (χ3v) is 6.22. The van der Waals surface area contributed by atoms with Crippen LogP contribution in [0.15, 0.2) is 0 Å². The molecule has 0 amide bonds. The Morgan fingerprint density at radius 3 is 2.35 bits per heavy atom. The average molecular weight is 355 g/mol. The van der Waals surface area contributed by atoms with Crippen molar-refractivity contribution in [2.24, 2.45) is 0 Å². The summed E-state index contributed by atoms with van der Waals surface area (Å²) in [5.41, 5.74) is -1.15. The predicted octanol–water partition coefficient (Wildman–Crippen LogP) is 1.01. The summed E-state index contributed by atoms with van der Waals surface area (Å²) in [5, 5.41) is 11.0. The first-order valence-corrected chi connectivity index (χ1v) is 8.65. The normalized spacial score (nSPS) is 34.3. The molecular weight excluding hydrogens is 333 g/mol. The molecule has 0 bridgehead atoms. The van der Waals surface area contributed by atoms with Crippen LogP contribution in [0.25, 0.3) is 0 Å². The second kappa shape index (κ2) is 6.72. The van der Waals surface area contributed by atoms with Gasteiger partial charge in [-0.3, -0.25) is 14.7 Å². The van der Waals surface area contributed by atoms with Crippen molar-refractivity contribution in [1.82, 2.24) is 0 Å². The molecule has 134 valence electrons. The van der Waals surface area contributed by atoms with Gasteiger partial charge in [0.05, 0.1) is 0 Å². The Balaban J connectivity index is 2.29. The zero-order valence-corrected chi connectivity index (χ0v) is 14.6. The SMILES string of the molecule is CO[C@@H]1[C@H]2OC(C)(C)O[C@H]2O[C@@H]1C(C[N+](=O)[O-])P(=O)(OC)OC. The van der Waals surface area contributed by atoms with E-state index in [1.54, 1.807) is 13.8 Å². The Morgan fingerprint density at radius 2 is 1.87 bits per heavy atom. The summed E-state index contributed by atoms with van der Waals surface area (Å²) >= 11 is 0. The number of rotatable bonds is 7. The molecule has 0 spiro atoms. The molecule has 11 heteroatoms. The topological polar surface area (TPSA) is 116 Å². The Hall–Kier alpha value is -0.610. The summed E-state index contributed by atoms with van der Waals surface area (Å²) in [4.78, 5) is 10.4. The predicted molar refractivity (Wildman–Crippen MR) is 76.8 cm³/mol. The van der Waals surface area contributed by atoms with Crippen molar-refractivity contribution in [2.45, 2.75) is 49.9 Å². The van der Waals surface area contributed by atoms with E-state index in [9.17, 15) is 14.7 Å². The lowest BCUT2D eigenvalue weighted by Crippen LogP contribution is -2.45. The lowest BCUT2D eigenvalue weighted by Gasteiger charge is -2.30. The molecule has 2 aliphatic rings. The molecule has 10 nitrogen and oxygen atoms in total. The van der Waals surface area contributed by atoms with Gasteiger partial charge >= 0.3 is 7.60 Å². The van der Waals surface area contributed by atoms with Crippen molar-refractivity contribution < 1.29 is 37.5 Å². The highest BCUT2D eigenvalue weighted by Crippen LogP contribution is 2.56. The van der Waals surface area contributed by atoms with Gasteiger partial charge in [0, 0.05) is 26.3 Å². The molecule has 0 radical (unpaired) electrons. The molecule has 0 aromatic heterocycles. The third-order valence-electron chi connectivity index (χ3n) is 3.93. The van der Waals surface area contributed by atoms with E-state index in [0.717, 1.165) is 0 Å². The first kappa shape index (κ1) is 18.7. The molecule has 0 aromatic rings. The quantitative estimate of drug-likeness (QED) is 0.375. The standard InChI is InChI=1S/C12H22NO9P/c1-12(2)21-10-9(17-3)8(20-11(10)22-12)7(6-13(14)15)23(16,18-4)19-5/h7-11H,6H2,1-5H3/t7?,8-,9+,10-,11-/m1/s1. The molecular formula is C12H22NO9P. The van der Waals surface area contributed by atoms with Crippen molar-refractivity contribution >= 4 is 7.60 Å². The average Bonchev–Trinajstić information content (AvgIpc) is 2.94. The maximum absolute atomic E-state index is 12.7. The molecule has 2 aliphatic heterocycles. The minimum Gasteiger partial charge on any atom is -0.376 e. The van der Waals surface area contributed by atoms with E-state index in [1.807, 2.05) is 0 Å². The molecule has 5 atom stereocenters. The van der Waals surface area contributed by atoms with Crippen LogP contribution in [0.2, 0.25) is 0 Å². The van der Waals surface area contributed by atoms with Gasteiger partial charge in [0.15, 0.2) is 17.7 Å². The third kappa shape index (κ3) is 3.58. The van der Waals surface area contributed by atoms with Crippen molar-refractivity contribution in [3.05, 3.63) is 10.1 Å². The number of hydrogen-bond acceptors (Lipinski definition) is 9. The van der Waals surface area contributed by atoms with Gasteiger partial charge < -0.3 is 28.0 Å². The van der Waals surface area contributed by atoms with Crippen LogP contribution in [0.3, 0.4) is 0 Å². The summed E-state index contributed by atoms with van der Waals surface area (Å²) in [6, 6.07) is 0. The molecule has 2 fully saturated rings. The highest BCUT2D eigenvalue weighted by atomic mass is 31.2. The van der Waals surface area contributed by atoms with Gasteiger partial charge in [-0.05, 0) is 13.8 Å². The van der Waals surface area contributed by atoms with E-state index in [1.165, 1.54) is 21.3 Å². The Bertz CT molecular complexity index is 491. The minimum atomic E-state index is -3.77. The van der Waals surface area contributed by atoms with Crippen LogP contribution in [0.4, 0.5) is 0 Å². The molecule has 0 saturated carbocycles. The number of fused-ring (bicyclic) bond motifs is 1. The van der Waals surface area contributed by atoms with Crippen molar-refractivity contribution in [3.63, 3.8) is 0 Å². The maximum atomic E-state index is 12.7. The molecule has 0 aromatic carbocycles. The van der Waals surface area contributed by atoms with Gasteiger partial charge in [0.25, 0.3) is 0 Å². The largest absolute Gasteiger partial charge is 0.376 e. The Morgan fingerprint density at radius 1 is 1.26 bits per heavy atom. The summed E-state index contributed by atoms with van der Waals surface area (Å²) < 4.78 is 45.0. The molecule has 0 N–H and O–H groups in total. The van der Waals surface area contributed by atoms with E-state index in [2.05, 4.69) is 0 Å². The zero-order valence-electron chi connectivity index (χ0n) is 13.7. The van der Waals surface area contributed by atoms with E-state index >= 15 is 0 Å². The molecule has 2 heterocycles. The van der Waals surface area contributed by atoms with Crippen LogP contribution < -0.4 is 0 Å².